The molecule has 8 heteroatoms. The Bertz CT molecular complexity index is 735. The van der Waals surface area contributed by atoms with Gasteiger partial charge in [-0.3, -0.25) is 4.79 Å². The first-order chi connectivity index (χ1) is 12.2. The number of carbonyl (C=O) groups excluding carboxylic acids is 1. The summed E-state index contributed by atoms with van der Waals surface area (Å²) in [4.78, 5) is 11.9. The van der Waals surface area contributed by atoms with Crippen molar-refractivity contribution in [3.8, 4) is 5.75 Å². The van der Waals surface area contributed by atoms with E-state index in [1.165, 1.54) is 22.0 Å². The number of thioether (sulfide) groups is 1. The Morgan fingerprint density at radius 1 is 1.27 bits per heavy atom. The maximum atomic E-state index is 11.9. The first-order valence-corrected chi connectivity index (χ1v) is 9.50. The van der Waals surface area contributed by atoms with Crippen molar-refractivity contribution in [2.45, 2.75) is 57.8 Å². The molecule has 0 aliphatic carbocycles. The summed E-state index contributed by atoms with van der Waals surface area (Å²) in [5.74, 6) is 7.88. The number of amides is 1. The lowest BCUT2D eigenvalue weighted by Crippen LogP contribution is -2.41. The van der Waals surface area contributed by atoms with Crippen LogP contribution in [0.1, 0.15) is 51.9 Å². The van der Waals surface area contributed by atoms with Crippen molar-refractivity contribution in [1.29, 1.82) is 0 Å². The highest BCUT2D eigenvalue weighted by molar-refractivity contribution is 7.99. The Labute approximate surface area is 158 Å². The molecule has 2 aromatic rings. The zero-order valence-electron chi connectivity index (χ0n) is 15.9. The predicted octanol–water partition coefficient (Wildman–Crippen LogP) is 2.70. The highest BCUT2D eigenvalue weighted by Gasteiger charge is 2.16. The number of nitrogens with one attached hydrogen (secondary N) is 1. The topological polar surface area (TPSA) is 95.1 Å². The average molecular weight is 378 g/mol. The van der Waals surface area contributed by atoms with Crippen molar-refractivity contribution in [2.24, 2.45) is 0 Å². The highest BCUT2D eigenvalue weighted by atomic mass is 32.2. The van der Waals surface area contributed by atoms with Crippen LogP contribution < -0.4 is 15.9 Å². The smallest absolute Gasteiger partial charge is 0.230 e. The van der Waals surface area contributed by atoms with E-state index in [-0.39, 0.29) is 23.8 Å². The summed E-state index contributed by atoms with van der Waals surface area (Å²) in [5, 5.41) is 11.4. The monoisotopic (exact) mass is 377 g/mol. The number of nitrogens with zero attached hydrogens (tertiary/aromatic N) is 3. The predicted molar refractivity (Wildman–Crippen MR) is 104 cm³/mol. The summed E-state index contributed by atoms with van der Waals surface area (Å²) in [7, 11) is 0. The second-order valence-corrected chi connectivity index (χ2v) is 8.31. The lowest BCUT2D eigenvalue weighted by atomic mass is 10.0. The molecule has 1 aromatic heterocycles. The Kier molecular flexibility index (Phi) is 6.52. The lowest BCUT2D eigenvalue weighted by Gasteiger charge is -2.20. The molecule has 0 fully saturated rings. The van der Waals surface area contributed by atoms with Crippen LogP contribution in [0, 0.1) is 0 Å². The SMILES string of the molecule is CC(C)c1ccc(OCc2nnc(SCC(=O)NC(C)(C)C)n2N)cc1. The van der Waals surface area contributed by atoms with Gasteiger partial charge in [0.1, 0.15) is 12.4 Å². The Balaban J connectivity index is 1.89. The molecule has 0 spiro atoms. The second-order valence-electron chi connectivity index (χ2n) is 7.37. The van der Waals surface area contributed by atoms with E-state index in [1.54, 1.807) is 0 Å². The van der Waals surface area contributed by atoms with Crippen molar-refractivity contribution in [3.63, 3.8) is 0 Å². The fraction of sp³-hybridized carbons (Fsp3) is 0.500. The number of hydrogen-bond donors (Lipinski definition) is 2. The quantitative estimate of drug-likeness (QED) is 0.569. The van der Waals surface area contributed by atoms with Crippen LogP contribution in [-0.2, 0) is 11.4 Å². The summed E-state index contributed by atoms with van der Waals surface area (Å²) in [6, 6.07) is 7.95. The number of carbonyl (C=O) groups is 1. The molecule has 1 amide bonds. The Morgan fingerprint density at radius 3 is 2.50 bits per heavy atom. The molecule has 0 unspecified atom stereocenters. The van der Waals surface area contributed by atoms with Crippen molar-refractivity contribution < 1.29 is 9.53 Å². The van der Waals surface area contributed by atoms with Gasteiger partial charge in [0.2, 0.25) is 11.1 Å². The number of ether oxygens (including phenoxy) is 1. The standard InChI is InChI=1S/C18H27N5O2S/c1-12(2)13-6-8-14(9-7-13)25-10-15-21-22-17(23(15)19)26-11-16(24)20-18(3,4)5/h6-9,12H,10-11,19H2,1-5H3,(H,20,24). The van der Waals surface area contributed by atoms with Crippen LogP contribution in [0.3, 0.4) is 0 Å². The third-order valence-electron chi connectivity index (χ3n) is 3.50. The van der Waals surface area contributed by atoms with Crippen molar-refractivity contribution in [1.82, 2.24) is 20.2 Å². The first kappa shape index (κ1) is 20.1. The lowest BCUT2D eigenvalue weighted by molar-refractivity contribution is -0.119. The third-order valence-corrected chi connectivity index (χ3v) is 4.44. The van der Waals surface area contributed by atoms with Gasteiger partial charge in [0.25, 0.3) is 0 Å². The minimum absolute atomic E-state index is 0.0754. The van der Waals surface area contributed by atoms with Crippen LogP contribution in [0.25, 0.3) is 0 Å². The Hall–Kier alpha value is -2.22. The van der Waals surface area contributed by atoms with Gasteiger partial charge in [0, 0.05) is 5.54 Å². The van der Waals surface area contributed by atoms with E-state index in [1.807, 2.05) is 45.0 Å². The van der Waals surface area contributed by atoms with Crippen LogP contribution in [0.4, 0.5) is 0 Å². The molecule has 1 aromatic carbocycles. The highest BCUT2D eigenvalue weighted by Crippen LogP contribution is 2.20. The summed E-state index contributed by atoms with van der Waals surface area (Å²) in [6.45, 7) is 10.3. The van der Waals surface area contributed by atoms with Gasteiger partial charge >= 0.3 is 0 Å². The van der Waals surface area contributed by atoms with Gasteiger partial charge in [-0.15, -0.1) is 10.2 Å². The zero-order chi connectivity index (χ0) is 19.3. The summed E-state index contributed by atoms with van der Waals surface area (Å²) in [6.07, 6.45) is 0. The fourth-order valence-electron chi connectivity index (χ4n) is 2.19. The van der Waals surface area contributed by atoms with Gasteiger partial charge < -0.3 is 15.9 Å². The van der Waals surface area contributed by atoms with Crippen LogP contribution in [-0.4, -0.2) is 32.1 Å². The normalized spacial score (nSPS) is 11.6. The molecular weight excluding hydrogens is 350 g/mol. The molecule has 0 saturated carbocycles. The van der Waals surface area contributed by atoms with Gasteiger partial charge in [-0.1, -0.05) is 37.7 Å². The van der Waals surface area contributed by atoms with Crippen molar-refractivity contribution in [2.75, 3.05) is 11.6 Å². The van der Waals surface area contributed by atoms with Gasteiger partial charge in [-0.25, -0.2) is 4.68 Å². The molecule has 1 heterocycles. The zero-order valence-corrected chi connectivity index (χ0v) is 16.8. The summed E-state index contributed by atoms with van der Waals surface area (Å²) >= 11 is 1.24. The van der Waals surface area contributed by atoms with E-state index in [0.717, 1.165) is 5.75 Å². The Morgan fingerprint density at radius 2 is 1.92 bits per heavy atom. The molecule has 0 aliphatic rings. The largest absolute Gasteiger partial charge is 0.486 e. The molecule has 7 nitrogen and oxygen atoms in total. The fourth-order valence-corrected chi connectivity index (χ4v) is 2.86. The first-order valence-electron chi connectivity index (χ1n) is 8.51. The average Bonchev–Trinajstić information content (AvgIpc) is 2.90. The number of nitrogen functional groups attached to an aromatic ring is 1. The molecular formula is C18H27N5O2S. The third kappa shape index (κ3) is 5.94. The summed E-state index contributed by atoms with van der Waals surface area (Å²) < 4.78 is 7.08. The van der Waals surface area contributed by atoms with Crippen LogP contribution in [0.5, 0.6) is 5.75 Å². The maximum absolute atomic E-state index is 11.9. The molecule has 0 atom stereocenters. The van der Waals surface area contributed by atoms with Crippen molar-refractivity contribution >= 4 is 17.7 Å². The van der Waals surface area contributed by atoms with E-state index in [9.17, 15) is 4.79 Å². The maximum Gasteiger partial charge on any atom is 0.230 e. The number of aromatic nitrogens is 3. The number of hydrogen-bond acceptors (Lipinski definition) is 6. The van der Waals surface area contributed by atoms with Crippen molar-refractivity contribution in [3.05, 3.63) is 35.7 Å². The van der Waals surface area contributed by atoms with E-state index < -0.39 is 0 Å². The molecule has 142 valence electrons. The van der Waals surface area contributed by atoms with Crippen LogP contribution >= 0.6 is 11.8 Å². The molecule has 0 aliphatic heterocycles. The van der Waals surface area contributed by atoms with Gasteiger partial charge in [-0.05, 0) is 44.4 Å². The van der Waals surface area contributed by atoms with Gasteiger partial charge in [0.05, 0.1) is 5.75 Å². The van der Waals surface area contributed by atoms with E-state index in [0.29, 0.717) is 16.9 Å². The van der Waals surface area contributed by atoms with Crippen LogP contribution in [0.2, 0.25) is 0 Å². The summed E-state index contributed by atoms with van der Waals surface area (Å²) in [5.41, 5.74) is 0.990. The molecule has 26 heavy (non-hydrogen) atoms. The van der Waals surface area contributed by atoms with Gasteiger partial charge in [-0.2, -0.15) is 0 Å². The van der Waals surface area contributed by atoms with Gasteiger partial charge in [0.15, 0.2) is 5.82 Å². The number of nitrogens with two attached hydrogens (primary N) is 1. The molecule has 3 N–H and O–H groups in total. The van der Waals surface area contributed by atoms with E-state index in [4.69, 9.17) is 10.6 Å². The second kappa shape index (κ2) is 8.44. The minimum Gasteiger partial charge on any atom is -0.486 e. The minimum atomic E-state index is -0.266. The van der Waals surface area contributed by atoms with E-state index >= 15 is 0 Å². The number of rotatable bonds is 7. The van der Waals surface area contributed by atoms with E-state index in [2.05, 4.69) is 29.4 Å². The molecule has 0 saturated heterocycles. The molecule has 0 radical (unpaired) electrons. The molecule has 2 rings (SSSR count). The van der Waals surface area contributed by atoms with Crippen LogP contribution in [0.15, 0.2) is 29.4 Å². The molecule has 0 bridgehead atoms. The number of benzene rings is 1.